The summed E-state index contributed by atoms with van der Waals surface area (Å²) in [4.78, 5) is 26.5. The Hall–Kier alpha value is -2.82. The minimum absolute atomic E-state index is 0.113. The van der Waals surface area contributed by atoms with Gasteiger partial charge in [0.1, 0.15) is 5.75 Å². The van der Waals surface area contributed by atoms with Crippen molar-refractivity contribution in [2.45, 2.75) is 64.5 Å². The molecule has 4 rings (SSSR count). The molecule has 5 heteroatoms. The van der Waals surface area contributed by atoms with E-state index < -0.39 is 6.10 Å². The predicted octanol–water partition coefficient (Wildman–Crippen LogP) is 4.17. The molecule has 1 heterocycles. The van der Waals surface area contributed by atoms with E-state index in [1.165, 1.54) is 24.0 Å². The van der Waals surface area contributed by atoms with Crippen molar-refractivity contribution in [3.63, 3.8) is 0 Å². The molecule has 0 saturated carbocycles. The fourth-order valence-corrected chi connectivity index (χ4v) is 4.33. The summed E-state index contributed by atoms with van der Waals surface area (Å²) in [5.74, 6) is 0.825. The van der Waals surface area contributed by atoms with Crippen LogP contribution in [0.25, 0.3) is 0 Å². The minimum Gasteiger partial charge on any atom is -0.481 e. The number of amides is 2. The molecule has 1 unspecified atom stereocenters. The second-order valence-corrected chi connectivity index (χ2v) is 8.19. The van der Waals surface area contributed by atoms with E-state index in [9.17, 15) is 9.59 Å². The van der Waals surface area contributed by atoms with Crippen LogP contribution in [0.4, 0.5) is 5.69 Å². The van der Waals surface area contributed by atoms with Gasteiger partial charge < -0.3 is 15.0 Å². The molecule has 0 aromatic heterocycles. The highest BCUT2D eigenvalue weighted by Crippen LogP contribution is 2.26. The molecule has 1 aliphatic carbocycles. The summed E-state index contributed by atoms with van der Waals surface area (Å²) in [6, 6.07) is 14.0. The fourth-order valence-electron chi connectivity index (χ4n) is 4.33. The summed E-state index contributed by atoms with van der Waals surface area (Å²) in [5, 5.41) is 2.99. The van der Waals surface area contributed by atoms with Crippen molar-refractivity contribution in [1.29, 1.82) is 0 Å². The Morgan fingerprint density at radius 1 is 1.07 bits per heavy atom. The maximum atomic E-state index is 12.7. The molecule has 0 radical (unpaired) electrons. The monoisotopic (exact) mass is 406 g/mol. The lowest BCUT2D eigenvalue weighted by Crippen LogP contribution is -2.37. The summed E-state index contributed by atoms with van der Waals surface area (Å²) < 4.78 is 6.03. The van der Waals surface area contributed by atoms with E-state index in [0.29, 0.717) is 19.4 Å². The number of hydrogen-bond acceptors (Lipinski definition) is 3. The van der Waals surface area contributed by atoms with Gasteiger partial charge in [-0.05, 0) is 79.5 Å². The first-order chi connectivity index (χ1) is 14.6. The molecule has 1 aliphatic heterocycles. The number of rotatable bonds is 7. The van der Waals surface area contributed by atoms with Gasteiger partial charge in [-0.3, -0.25) is 9.59 Å². The van der Waals surface area contributed by atoms with Crippen LogP contribution in [-0.2, 0) is 29.0 Å². The van der Waals surface area contributed by atoms with E-state index >= 15 is 0 Å². The van der Waals surface area contributed by atoms with Crippen LogP contribution in [0, 0.1) is 0 Å². The summed E-state index contributed by atoms with van der Waals surface area (Å²) in [7, 11) is 0. The van der Waals surface area contributed by atoms with Gasteiger partial charge in [0.15, 0.2) is 6.10 Å². The van der Waals surface area contributed by atoms with Crippen LogP contribution in [0.3, 0.4) is 0 Å². The number of benzene rings is 2. The van der Waals surface area contributed by atoms with Gasteiger partial charge in [-0.2, -0.15) is 0 Å². The standard InChI is InChI=1S/C25H30N2O3/c1-2-23(30-22-13-12-19-8-3-4-9-20(19)16-22)25(29)26-17-18-7-5-10-21(15-18)27-14-6-11-24(27)28/h5,7,10,12-13,15-16,23H,2-4,6,8-9,11,14,17H2,1H3,(H,26,29). The maximum absolute atomic E-state index is 12.7. The number of fused-ring (bicyclic) bond motifs is 1. The maximum Gasteiger partial charge on any atom is 0.261 e. The van der Waals surface area contributed by atoms with Crippen LogP contribution in [0.2, 0.25) is 0 Å². The molecular formula is C25H30N2O3. The molecule has 1 fully saturated rings. The molecule has 2 aromatic rings. The molecule has 2 aliphatic rings. The third kappa shape index (κ3) is 4.66. The molecule has 1 atom stereocenters. The average Bonchev–Trinajstić information content (AvgIpc) is 3.21. The van der Waals surface area contributed by atoms with E-state index in [-0.39, 0.29) is 11.8 Å². The molecule has 30 heavy (non-hydrogen) atoms. The smallest absolute Gasteiger partial charge is 0.261 e. The van der Waals surface area contributed by atoms with Crippen molar-refractivity contribution in [1.82, 2.24) is 5.32 Å². The van der Waals surface area contributed by atoms with Gasteiger partial charge >= 0.3 is 0 Å². The van der Waals surface area contributed by atoms with Gasteiger partial charge in [0, 0.05) is 25.2 Å². The highest BCUT2D eigenvalue weighted by atomic mass is 16.5. The van der Waals surface area contributed by atoms with Crippen LogP contribution in [0.15, 0.2) is 42.5 Å². The Kier molecular flexibility index (Phi) is 6.36. The van der Waals surface area contributed by atoms with Crippen molar-refractivity contribution in [2.75, 3.05) is 11.4 Å². The number of anilines is 1. The zero-order valence-electron chi connectivity index (χ0n) is 17.7. The summed E-state index contributed by atoms with van der Waals surface area (Å²) in [6.07, 6.45) is 6.29. The normalized spacial score (nSPS) is 16.8. The second-order valence-electron chi connectivity index (χ2n) is 8.19. The van der Waals surface area contributed by atoms with Gasteiger partial charge in [-0.1, -0.05) is 25.1 Å². The number of carbonyl (C=O) groups excluding carboxylic acids is 2. The van der Waals surface area contributed by atoms with Gasteiger partial charge in [-0.25, -0.2) is 0 Å². The van der Waals surface area contributed by atoms with Gasteiger partial charge in [0.25, 0.3) is 5.91 Å². The lowest BCUT2D eigenvalue weighted by Gasteiger charge is -2.21. The molecule has 5 nitrogen and oxygen atoms in total. The fraction of sp³-hybridized carbons (Fsp3) is 0.440. The van der Waals surface area contributed by atoms with Crippen molar-refractivity contribution in [3.05, 3.63) is 59.2 Å². The molecule has 0 bridgehead atoms. The number of nitrogens with zero attached hydrogens (tertiary/aromatic N) is 1. The zero-order chi connectivity index (χ0) is 20.9. The molecule has 1 N–H and O–H groups in total. The Morgan fingerprint density at radius 2 is 1.90 bits per heavy atom. The first kappa shape index (κ1) is 20.5. The quantitative estimate of drug-likeness (QED) is 0.751. The summed E-state index contributed by atoms with van der Waals surface area (Å²) in [6.45, 7) is 3.14. The van der Waals surface area contributed by atoms with Crippen LogP contribution in [-0.4, -0.2) is 24.5 Å². The number of carbonyl (C=O) groups is 2. The van der Waals surface area contributed by atoms with E-state index in [1.54, 1.807) is 0 Å². The lowest BCUT2D eigenvalue weighted by atomic mass is 9.92. The van der Waals surface area contributed by atoms with E-state index in [4.69, 9.17) is 4.74 Å². The second kappa shape index (κ2) is 9.33. The minimum atomic E-state index is -0.519. The van der Waals surface area contributed by atoms with Crippen LogP contribution >= 0.6 is 0 Å². The zero-order valence-corrected chi connectivity index (χ0v) is 17.7. The summed E-state index contributed by atoms with van der Waals surface area (Å²) in [5.41, 5.74) is 4.63. The van der Waals surface area contributed by atoms with Crippen molar-refractivity contribution in [3.8, 4) is 5.75 Å². The topological polar surface area (TPSA) is 58.6 Å². The van der Waals surface area contributed by atoms with Gasteiger partial charge in [0.05, 0.1) is 0 Å². The Labute approximate surface area is 178 Å². The van der Waals surface area contributed by atoms with Gasteiger partial charge in [0.2, 0.25) is 5.91 Å². The number of hydrogen-bond donors (Lipinski definition) is 1. The van der Waals surface area contributed by atoms with Crippen LogP contribution < -0.4 is 15.0 Å². The number of aryl methyl sites for hydroxylation is 2. The molecule has 2 amide bonds. The lowest BCUT2D eigenvalue weighted by molar-refractivity contribution is -0.128. The SMILES string of the molecule is CCC(Oc1ccc2c(c1)CCCC2)C(=O)NCc1cccc(N2CCCC2=O)c1. The average molecular weight is 407 g/mol. The van der Waals surface area contributed by atoms with Crippen molar-refractivity contribution >= 4 is 17.5 Å². The highest BCUT2D eigenvalue weighted by molar-refractivity contribution is 5.95. The van der Waals surface area contributed by atoms with Gasteiger partial charge in [-0.15, -0.1) is 0 Å². The molecule has 2 aromatic carbocycles. The molecule has 1 saturated heterocycles. The first-order valence-corrected chi connectivity index (χ1v) is 11.1. The summed E-state index contributed by atoms with van der Waals surface area (Å²) >= 11 is 0. The number of nitrogens with one attached hydrogen (secondary N) is 1. The Morgan fingerprint density at radius 3 is 2.67 bits per heavy atom. The third-order valence-electron chi connectivity index (χ3n) is 6.02. The number of ether oxygens (including phenoxy) is 1. The highest BCUT2D eigenvalue weighted by Gasteiger charge is 2.22. The largest absolute Gasteiger partial charge is 0.481 e. The molecular weight excluding hydrogens is 376 g/mol. The van der Waals surface area contributed by atoms with E-state index in [0.717, 1.165) is 42.8 Å². The first-order valence-electron chi connectivity index (χ1n) is 11.1. The predicted molar refractivity (Wildman–Crippen MR) is 118 cm³/mol. The molecule has 0 spiro atoms. The molecule has 158 valence electrons. The van der Waals surface area contributed by atoms with Crippen molar-refractivity contribution < 1.29 is 14.3 Å². The third-order valence-corrected chi connectivity index (χ3v) is 6.02. The Bertz CT molecular complexity index is 924. The Balaban J connectivity index is 1.36. The van der Waals surface area contributed by atoms with Crippen LogP contribution in [0.1, 0.15) is 55.7 Å². The van der Waals surface area contributed by atoms with E-state index in [1.807, 2.05) is 42.2 Å². The van der Waals surface area contributed by atoms with Crippen LogP contribution in [0.5, 0.6) is 5.75 Å². The van der Waals surface area contributed by atoms with E-state index in [2.05, 4.69) is 17.4 Å². The van der Waals surface area contributed by atoms with Crippen molar-refractivity contribution in [2.24, 2.45) is 0 Å².